The lowest BCUT2D eigenvalue weighted by Gasteiger charge is -2.32. The van der Waals surface area contributed by atoms with Crippen molar-refractivity contribution in [1.29, 1.82) is 5.26 Å². The van der Waals surface area contributed by atoms with Crippen molar-refractivity contribution in [2.45, 2.75) is 25.3 Å². The number of aromatic nitrogens is 3. The first-order valence-corrected chi connectivity index (χ1v) is 10.9. The molecule has 0 bridgehead atoms. The van der Waals surface area contributed by atoms with Crippen molar-refractivity contribution >= 4 is 11.0 Å². The molecule has 6 heteroatoms. The van der Waals surface area contributed by atoms with Gasteiger partial charge in [-0.1, -0.05) is 30.3 Å². The zero-order chi connectivity index (χ0) is 21.9. The maximum absolute atomic E-state index is 9.27. The molecule has 1 saturated heterocycles. The number of likely N-dealkylation sites (tertiary alicyclic amines) is 1. The maximum Gasteiger partial charge on any atom is 0.234 e. The van der Waals surface area contributed by atoms with E-state index in [1.807, 2.05) is 18.2 Å². The van der Waals surface area contributed by atoms with E-state index in [1.165, 1.54) is 11.3 Å². The molecule has 0 saturated carbocycles. The Labute approximate surface area is 187 Å². The lowest BCUT2D eigenvalue weighted by molar-refractivity contribution is 0.202. The summed E-state index contributed by atoms with van der Waals surface area (Å²) in [5.41, 5.74) is 4.39. The summed E-state index contributed by atoms with van der Waals surface area (Å²) in [4.78, 5) is 11.2. The van der Waals surface area contributed by atoms with Crippen LogP contribution in [0, 0.1) is 11.3 Å². The van der Waals surface area contributed by atoms with Gasteiger partial charge in [0.25, 0.3) is 0 Å². The monoisotopic (exact) mass is 423 g/mol. The number of ether oxygens (including phenoxy) is 1. The van der Waals surface area contributed by atoms with Gasteiger partial charge < -0.3 is 4.74 Å². The first-order valence-electron chi connectivity index (χ1n) is 10.9. The number of benzene rings is 2. The van der Waals surface area contributed by atoms with Crippen molar-refractivity contribution in [2.24, 2.45) is 0 Å². The molecular weight excluding hydrogens is 398 g/mol. The second-order valence-corrected chi connectivity index (χ2v) is 8.21. The average Bonchev–Trinajstić information content (AvgIpc) is 3.22. The Balaban J connectivity index is 1.38. The van der Waals surface area contributed by atoms with E-state index < -0.39 is 0 Å². The highest BCUT2D eigenvalue weighted by molar-refractivity contribution is 5.79. The van der Waals surface area contributed by atoms with Crippen molar-refractivity contribution in [3.05, 3.63) is 83.9 Å². The minimum absolute atomic E-state index is 0.194. The SMILES string of the molecule is COc1ccc(C2CCN(Cc3cc4cnc(C#N)nc4n3-c3ccccc3)CC2)cc1. The van der Waals surface area contributed by atoms with E-state index in [1.54, 1.807) is 13.3 Å². The smallest absolute Gasteiger partial charge is 0.234 e. The molecule has 0 aliphatic carbocycles. The van der Waals surface area contributed by atoms with Crippen LogP contribution in [0.5, 0.6) is 5.75 Å². The molecule has 32 heavy (non-hydrogen) atoms. The molecule has 0 amide bonds. The quantitative estimate of drug-likeness (QED) is 0.466. The zero-order valence-corrected chi connectivity index (χ0v) is 18.1. The Morgan fingerprint density at radius 1 is 1.06 bits per heavy atom. The number of hydrogen-bond acceptors (Lipinski definition) is 5. The van der Waals surface area contributed by atoms with Crippen LogP contribution >= 0.6 is 0 Å². The fourth-order valence-electron chi connectivity index (χ4n) is 4.61. The van der Waals surface area contributed by atoms with Crippen molar-refractivity contribution in [2.75, 3.05) is 20.2 Å². The van der Waals surface area contributed by atoms with Crippen LogP contribution in [0.2, 0.25) is 0 Å². The van der Waals surface area contributed by atoms with E-state index >= 15 is 0 Å². The molecule has 2 aromatic heterocycles. The molecule has 1 fully saturated rings. The third-order valence-electron chi connectivity index (χ3n) is 6.29. The molecule has 0 N–H and O–H groups in total. The summed E-state index contributed by atoms with van der Waals surface area (Å²) in [5.74, 6) is 1.68. The summed E-state index contributed by atoms with van der Waals surface area (Å²) in [6.07, 6.45) is 4.02. The largest absolute Gasteiger partial charge is 0.497 e. The van der Waals surface area contributed by atoms with Gasteiger partial charge in [-0.15, -0.1) is 0 Å². The summed E-state index contributed by atoms with van der Waals surface area (Å²) in [6, 6.07) is 22.9. The molecule has 0 radical (unpaired) electrons. The van der Waals surface area contributed by atoms with Gasteiger partial charge in [-0.05, 0) is 67.7 Å². The van der Waals surface area contributed by atoms with E-state index in [0.717, 1.165) is 54.9 Å². The minimum atomic E-state index is 0.194. The van der Waals surface area contributed by atoms with Gasteiger partial charge in [-0.2, -0.15) is 5.26 Å². The van der Waals surface area contributed by atoms with E-state index in [0.29, 0.717) is 5.92 Å². The second-order valence-electron chi connectivity index (χ2n) is 8.21. The lowest BCUT2D eigenvalue weighted by atomic mass is 9.89. The molecule has 1 aliphatic rings. The molecule has 0 atom stereocenters. The van der Waals surface area contributed by atoms with Gasteiger partial charge in [0.05, 0.1) is 7.11 Å². The van der Waals surface area contributed by atoms with Gasteiger partial charge in [0, 0.05) is 29.5 Å². The highest BCUT2D eigenvalue weighted by atomic mass is 16.5. The van der Waals surface area contributed by atoms with E-state index in [4.69, 9.17) is 4.74 Å². The number of para-hydroxylation sites is 1. The van der Waals surface area contributed by atoms with Gasteiger partial charge >= 0.3 is 0 Å². The number of methoxy groups -OCH3 is 1. The lowest BCUT2D eigenvalue weighted by Crippen LogP contribution is -2.33. The fourth-order valence-corrected chi connectivity index (χ4v) is 4.61. The summed E-state index contributed by atoms with van der Waals surface area (Å²) in [5, 5.41) is 10.2. The van der Waals surface area contributed by atoms with E-state index in [2.05, 4.69) is 68.0 Å². The second kappa shape index (κ2) is 8.81. The van der Waals surface area contributed by atoms with Crippen LogP contribution in [0.15, 0.2) is 66.9 Å². The van der Waals surface area contributed by atoms with Gasteiger partial charge in [0.15, 0.2) is 0 Å². The number of nitriles is 1. The number of piperidine rings is 1. The van der Waals surface area contributed by atoms with Gasteiger partial charge in [-0.3, -0.25) is 9.47 Å². The Morgan fingerprint density at radius 3 is 2.50 bits per heavy atom. The van der Waals surface area contributed by atoms with Crippen molar-refractivity contribution in [1.82, 2.24) is 19.4 Å². The molecule has 6 nitrogen and oxygen atoms in total. The first kappa shape index (κ1) is 20.2. The minimum Gasteiger partial charge on any atom is -0.497 e. The third-order valence-corrected chi connectivity index (χ3v) is 6.29. The van der Waals surface area contributed by atoms with Crippen LogP contribution in [0.3, 0.4) is 0 Å². The maximum atomic E-state index is 9.27. The topological polar surface area (TPSA) is 67.0 Å². The molecular formula is C26H25N5O. The molecule has 0 spiro atoms. The third kappa shape index (κ3) is 3.95. The van der Waals surface area contributed by atoms with Gasteiger partial charge in [0.1, 0.15) is 17.5 Å². The summed E-state index contributed by atoms with van der Waals surface area (Å²) in [7, 11) is 1.70. The first-order chi connectivity index (χ1) is 15.7. The molecule has 4 aromatic rings. The predicted octanol–water partition coefficient (Wildman–Crippen LogP) is 4.68. The molecule has 3 heterocycles. The number of rotatable bonds is 5. The number of fused-ring (bicyclic) bond motifs is 1. The van der Waals surface area contributed by atoms with Crippen LogP contribution in [-0.4, -0.2) is 39.6 Å². The highest BCUT2D eigenvalue weighted by Gasteiger charge is 2.23. The zero-order valence-electron chi connectivity index (χ0n) is 18.1. The Bertz CT molecular complexity index is 1250. The molecule has 160 valence electrons. The predicted molar refractivity (Wildman–Crippen MR) is 124 cm³/mol. The van der Waals surface area contributed by atoms with Crippen LogP contribution in [0.4, 0.5) is 0 Å². The Hall–Kier alpha value is -3.69. The summed E-state index contributed by atoms with van der Waals surface area (Å²) < 4.78 is 7.45. The number of nitrogens with zero attached hydrogens (tertiary/aromatic N) is 5. The normalized spacial score (nSPS) is 15.0. The standard InChI is InChI=1S/C26H25N5O/c1-32-24-9-7-19(8-10-24)20-11-13-30(14-12-20)18-23-15-21-17-28-25(16-27)29-26(21)31(23)22-5-3-2-4-6-22/h2-10,15,17,20H,11-14,18H2,1H3. The summed E-state index contributed by atoms with van der Waals surface area (Å²) in [6.45, 7) is 2.92. The van der Waals surface area contributed by atoms with E-state index in [-0.39, 0.29) is 5.82 Å². The van der Waals surface area contributed by atoms with Gasteiger partial charge in [-0.25, -0.2) is 9.97 Å². The fraction of sp³-hybridized carbons (Fsp3) is 0.269. The summed E-state index contributed by atoms with van der Waals surface area (Å²) >= 11 is 0. The van der Waals surface area contributed by atoms with Crippen LogP contribution in [-0.2, 0) is 6.54 Å². The van der Waals surface area contributed by atoms with Crippen LogP contribution in [0.1, 0.15) is 35.8 Å². The van der Waals surface area contributed by atoms with Crippen molar-refractivity contribution in [3.8, 4) is 17.5 Å². The molecule has 1 aliphatic heterocycles. The van der Waals surface area contributed by atoms with Crippen LogP contribution < -0.4 is 4.74 Å². The van der Waals surface area contributed by atoms with Crippen molar-refractivity contribution < 1.29 is 4.74 Å². The average molecular weight is 424 g/mol. The molecule has 0 unspecified atom stereocenters. The van der Waals surface area contributed by atoms with Crippen LogP contribution in [0.25, 0.3) is 16.7 Å². The number of hydrogen-bond donors (Lipinski definition) is 0. The van der Waals surface area contributed by atoms with E-state index in [9.17, 15) is 5.26 Å². The Morgan fingerprint density at radius 2 is 1.81 bits per heavy atom. The molecule has 2 aromatic carbocycles. The molecule has 5 rings (SSSR count). The highest BCUT2D eigenvalue weighted by Crippen LogP contribution is 2.31. The van der Waals surface area contributed by atoms with Crippen molar-refractivity contribution in [3.63, 3.8) is 0 Å². The van der Waals surface area contributed by atoms with Gasteiger partial charge in [0.2, 0.25) is 5.82 Å². The Kier molecular flexibility index (Phi) is 5.57.